The maximum atomic E-state index is 13.8. The Morgan fingerprint density at radius 1 is 1.03 bits per heavy atom. The standard InChI is InChI=1S/C41H42ClF4N7O5S.ClH/c1-40(2)38(57)52(30-4-3-26(22-47)32(21-30)41(44,45)46)39(59)53(40)31-5-7-34(25(17-31)9-13-43)58-16-12-24-10-14-51(15-11-24)23-36(55)49-29-19-27(42)18-28(20-29)48-33-6-8-35(54)50-37(33)56;/h3-5,7,17-21,24,33,48H,6,8-16,23H2,1-2H3,(H,49,55)(H,50,54,56);1H. The van der Waals surface area contributed by atoms with Crippen LogP contribution in [0.2, 0.25) is 5.02 Å². The minimum Gasteiger partial charge on any atom is -0.493 e. The number of nitrogens with one attached hydrogen (secondary N) is 3. The summed E-state index contributed by atoms with van der Waals surface area (Å²) in [5, 5.41) is 17.8. The first-order chi connectivity index (χ1) is 28.0. The molecule has 1 atom stereocenters. The molecule has 3 heterocycles. The van der Waals surface area contributed by atoms with Gasteiger partial charge in [0.1, 0.15) is 17.3 Å². The van der Waals surface area contributed by atoms with E-state index in [1.54, 1.807) is 50.2 Å². The molecule has 0 saturated carbocycles. The van der Waals surface area contributed by atoms with E-state index >= 15 is 0 Å². The van der Waals surface area contributed by atoms with Gasteiger partial charge >= 0.3 is 6.18 Å². The van der Waals surface area contributed by atoms with E-state index in [2.05, 4.69) is 20.9 Å². The van der Waals surface area contributed by atoms with E-state index < -0.39 is 47.4 Å². The Balaban J connectivity index is 0.00000683. The number of hydrogen-bond acceptors (Lipinski definition) is 9. The molecule has 3 aromatic carbocycles. The second-order valence-electron chi connectivity index (χ2n) is 15.2. The molecular formula is C41H43Cl2F4N7O5S. The van der Waals surface area contributed by atoms with E-state index in [4.69, 9.17) is 28.6 Å². The molecule has 1 unspecified atom stereocenters. The van der Waals surface area contributed by atoms with Gasteiger partial charge in [-0.1, -0.05) is 11.6 Å². The van der Waals surface area contributed by atoms with Crippen molar-refractivity contribution in [2.24, 2.45) is 5.92 Å². The van der Waals surface area contributed by atoms with Crippen molar-refractivity contribution in [3.8, 4) is 11.8 Å². The average Bonchev–Trinajstić information content (AvgIpc) is 3.35. The fraction of sp³-hybridized carbons (Fsp3) is 0.415. The molecule has 4 amide bonds. The van der Waals surface area contributed by atoms with Crippen molar-refractivity contribution in [1.29, 1.82) is 5.26 Å². The predicted molar refractivity (Wildman–Crippen MR) is 225 cm³/mol. The number of aryl methyl sites for hydroxylation is 1. The largest absolute Gasteiger partial charge is 0.493 e. The second kappa shape index (κ2) is 19.1. The average molecular weight is 893 g/mol. The zero-order chi connectivity index (χ0) is 42.6. The van der Waals surface area contributed by atoms with E-state index in [0.29, 0.717) is 65.4 Å². The fourth-order valence-electron chi connectivity index (χ4n) is 7.55. The summed E-state index contributed by atoms with van der Waals surface area (Å²) in [5.74, 6) is -0.736. The highest BCUT2D eigenvalue weighted by Gasteiger charge is 2.51. The van der Waals surface area contributed by atoms with Gasteiger partial charge in [0.2, 0.25) is 17.7 Å². The van der Waals surface area contributed by atoms with Gasteiger partial charge in [0.05, 0.1) is 42.7 Å². The molecule has 0 spiro atoms. The van der Waals surface area contributed by atoms with Crippen LogP contribution in [0, 0.1) is 17.2 Å². The number of nitrogens with zero attached hydrogens (tertiary/aromatic N) is 4. The number of nitriles is 1. The van der Waals surface area contributed by atoms with E-state index in [9.17, 15) is 42.0 Å². The normalized spacial score (nSPS) is 18.5. The minimum atomic E-state index is -4.83. The summed E-state index contributed by atoms with van der Waals surface area (Å²) in [6.07, 6.45) is -1.86. The number of carbonyl (C=O) groups is 4. The van der Waals surface area contributed by atoms with Gasteiger partial charge in [-0.2, -0.15) is 18.4 Å². The van der Waals surface area contributed by atoms with E-state index in [-0.39, 0.29) is 54.4 Å². The van der Waals surface area contributed by atoms with Crippen molar-refractivity contribution in [2.75, 3.05) is 53.3 Å². The van der Waals surface area contributed by atoms with Crippen LogP contribution in [0.25, 0.3) is 0 Å². The number of alkyl halides is 4. The van der Waals surface area contributed by atoms with Crippen LogP contribution in [0.15, 0.2) is 54.6 Å². The Bertz CT molecular complexity index is 2200. The van der Waals surface area contributed by atoms with Gasteiger partial charge in [-0.05, 0) is 131 Å². The lowest BCUT2D eigenvalue weighted by Crippen LogP contribution is -2.47. The van der Waals surface area contributed by atoms with Crippen LogP contribution < -0.4 is 30.5 Å². The summed E-state index contributed by atoms with van der Waals surface area (Å²) in [7, 11) is 0. The summed E-state index contributed by atoms with van der Waals surface area (Å²) < 4.78 is 61.3. The molecule has 0 aliphatic carbocycles. The topological polar surface area (TPSA) is 147 Å². The highest BCUT2D eigenvalue weighted by molar-refractivity contribution is 7.81. The smallest absolute Gasteiger partial charge is 0.417 e. The Morgan fingerprint density at radius 2 is 1.73 bits per heavy atom. The molecule has 0 aromatic heterocycles. The third kappa shape index (κ3) is 10.5. The lowest BCUT2D eigenvalue weighted by molar-refractivity contribution is -0.138. The number of hydrogen-bond donors (Lipinski definition) is 3. The second-order valence-corrected chi connectivity index (χ2v) is 16.0. The number of likely N-dealkylation sites (tertiary alicyclic amines) is 1. The van der Waals surface area contributed by atoms with Crippen molar-refractivity contribution in [1.82, 2.24) is 10.2 Å². The Kier molecular flexibility index (Phi) is 14.7. The van der Waals surface area contributed by atoms with Crippen LogP contribution >= 0.6 is 36.2 Å². The molecule has 3 aliphatic rings. The van der Waals surface area contributed by atoms with Crippen molar-refractivity contribution < 1.29 is 41.5 Å². The van der Waals surface area contributed by atoms with Crippen LogP contribution in [0.5, 0.6) is 5.75 Å². The van der Waals surface area contributed by atoms with E-state index in [1.807, 2.05) is 0 Å². The summed E-state index contributed by atoms with van der Waals surface area (Å²) >= 11 is 11.9. The maximum absolute atomic E-state index is 13.8. The molecule has 0 radical (unpaired) electrons. The van der Waals surface area contributed by atoms with Gasteiger partial charge in [-0.25, -0.2) is 0 Å². The summed E-state index contributed by atoms with van der Waals surface area (Å²) in [6, 6.07) is 13.9. The molecule has 60 heavy (non-hydrogen) atoms. The van der Waals surface area contributed by atoms with E-state index in [0.717, 1.165) is 36.3 Å². The number of benzene rings is 3. The molecule has 19 heteroatoms. The quantitative estimate of drug-likeness (QED) is 0.0901. The first kappa shape index (κ1) is 46.1. The highest BCUT2D eigenvalue weighted by atomic mass is 35.5. The number of imide groups is 1. The van der Waals surface area contributed by atoms with Crippen molar-refractivity contribution in [3.63, 3.8) is 0 Å². The third-order valence-electron chi connectivity index (χ3n) is 10.6. The number of thiocarbonyl (C=S) groups is 1. The Labute approximate surface area is 360 Å². The number of anilines is 4. The third-order valence-corrected chi connectivity index (χ3v) is 11.2. The monoisotopic (exact) mass is 891 g/mol. The SMILES string of the molecule is CC1(C)C(=O)N(c2ccc(C#N)c(C(F)(F)F)c2)C(=S)N1c1ccc(OCCC2CCN(CC(=O)Nc3cc(Cl)cc(NC4CCC(=O)NC4=O)c3)CC2)c(CCF)c1.Cl. The highest BCUT2D eigenvalue weighted by Crippen LogP contribution is 2.41. The first-order valence-electron chi connectivity index (χ1n) is 19.0. The molecular weight excluding hydrogens is 849 g/mol. The van der Waals surface area contributed by atoms with E-state index in [1.165, 1.54) is 17.0 Å². The number of amides is 4. The number of halogens is 6. The van der Waals surface area contributed by atoms with Crippen molar-refractivity contribution in [2.45, 2.75) is 70.1 Å². The lowest BCUT2D eigenvalue weighted by atomic mass is 9.94. The van der Waals surface area contributed by atoms with Crippen molar-refractivity contribution >= 4 is 87.7 Å². The van der Waals surface area contributed by atoms with Crippen LogP contribution in [-0.2, 0) is 31.8 Å². The Morgan fingerprint density at radius 3 is 2.40 bits per heavy atom. The number of ether oxygens (including phenoxy) is 1. The number of piperidine rings is 2. The summed E-state index contributed by atoms with van der Waals surface area (Å²) in [6.45, 7) is 4.41. The minimum absolute atomic E-state index is 0. The summed E-state index contributed by atoms with van der Waals surface area (Å²) in [4.78, 5) is 54.9. The van der Waals surface area contributed by atoms with Gasteiger partial charge in [0.15, 0.2) is 5.11 Å². The molecule has 0 bridgehead atoms. The maximum Gasteiger partial charge on any atom is 0.417 e. The number of rotatable bonds is 13. The van der Waals surface area contributed by atoms with Crippen LogP contribution in [0.4, 0.5) is 40.3 Å². The predicted octanol–water partition coefficient (Wildman–Crippen LogP) is 7.42. The Hall–Kier alpha value is -5.02. The zero-order valence-corrected chi connectivity index (χ0v) is 35.1. The first-order valence-corrected chi connectivity index (χ1v) is 19.8. The van der Waals surface area contributed by atoms with Gasteiger partial charge in [0.25, 0.3) is 5.91 Å². The van der Waals surface area contributed by atoms with Gasteiger partial charge in [0, 0.05) is 34.9 Å². The van der Waals surface area contributed by atoms with Gasteiger partial charge < -0.3 is 20.3 Å². The molecule has 3 N–H and O–H groups in total. The van der Waals surface area contributed by atoms with Crippen LogP contribution in [0.1, 0.15) is 62.6 Å². The molecule has 3 aromatic rings. The molecule has 3 saturated heterocycles. The molecule has 3 fully saturated rings. The fourth-order valence-corrected chi connectivity index (χ4v) is 8.31. The summed E-state index contributed by atoms with van der Waals surface area (Å²) in [5.41, 5.74) is -1.23. The van der Waals surface area contributed by atoms with Gasteiger partial charge in [-0.15, -0.1) is 12.4 Å². The van der Waals surface area contributed by atoms with Crippen LogP contribution in [0.3, 0.4) is 0 Å². The molecule has 3 aliphatic heterocycles. The zero-order valence-electron chi connectivity index (χ0n) is 32.7. The lowest BCUT2D eigenvalue weighted by Gasteiger charge is -2.31. The molecule has 320 valence electrons. The molecule has 6 rings (SSSR count). The van der Waals surface area contributed by atoms with Crippen LogP contribution in [-0.4, -0.2) is 78.1 Å². The number of carbonyl (C=O) groups excluding carboxylic acids is 4. The van der Waals surface area contributed by atoms with Gasteiger partial charge in [-0.3, -0.25) is 38.7 Å². The molecule has 12 nitrogen and oxygen atoms in total. The van der Waals surface area contributed by atoms with Crippen molar-refractivity contribution in [3.05, 3.63) is 76.3 Å².